The van der Waals surface area contributed by atoms with E-state index in [9.17, 15) is 27.7 Å². The zero-order valence-corrected chi connectivity index (χ0v) is 11.3. The molecule has 9 heteroatoms. The van der Waals surface area contributed by atoms with Crippen molar-refractivity contribution in [3.8, 4) is 0 Å². The predicted molar refractivity (Wildman–Crippen MR) is 67.3 cm³/mol. The van der Waals surface area contributed by atoms with Gasteiger partial charge in [0.1, 0.15) is 5.82 Å². The normalized spacial score (nSPS) is 12.9. The van der Waals surface area contributed by atoms with Crippen molar-refractivity contribution in [2.45, 2.75) is 12.7 Å². The summed E-state index contributed by atoms with van der Waals surface area (Å²) >= 11 is 0. The number of sulfone groups is 1. The number of benzene rings is 1. The van der Waals surface area contributed by atoms with Crippen LogP contribution in [0.4, 0.5) is 10.1 Å². The Labute approximate surface area is 114 Å². The minimum atomic E-state index is -3.90. The molecule has 1 aromatic rings. The smallest absolute Gasteiger partial charge is 0.307 e. The summed E-state index contributed by atoms with van der Waals surface area (Å²) in [5, 5.41) is 19.4. The maximum absolute atomic E-state index is 13.1. The molecule has 110 valence electrons. The van der Waals surface area contributed by atoms with Crippen LogP contribution in [0.1, 0.15) is 12.5 Å². The van der Waals surface area contributed by atoms with Gasteiger partial charge in [-0.05, 0) is 12.1 Å². The fourth-order valence-electron chi connectivity index (χ4n) is 1.60. The highest BCUT2D eigenvalue weighted by Crippen LogP contribution is 2.22. The van der Waals surface area contributed by atoms with Crippen molar-refractivity contribution in [3.63, 3.8) is 0 Å². The molecule has 0 amide bonds. The molecule has 1 rings (SSSR count). The first-order chi connectivity index (χ1) is 9.12. The summed E-state index contributed by atoms with van der Waals surface area (Å²) in [5.41, 5.74) is -0.814. The van der Waals surface area contributed by atoms with Crippen LogP contribution in [-0.2, 0) is 20.4 Å². The number of halogens is 1. The second-order valence-electron chi connectivity index (χ2n) is 4.32. The molecule has 0 spiro atoms. The van der Waals surface area contributed by atoms with E-state index in [1.165, 1.54) is 6.92 Å². The van der Waals surface area contributed by atoms with Crippen LogP contribution in [-0.4, -0.2) is 30.2 Å². The van der Waals surface area contributed by atoms with Gasteiger partial charge >= 0.3 is 5.97 Å². The third-order valence-electron chi connectivity index (χ3n) is 2.54. The van der Waals surface area contributed by atoms with Gasteiger partial charge in [0.15, 0.2) is 9.84 Å². The highest BCUT2D eigenvalue weighted by atomic mass is 32.2. The van der Waals surface area contributed by atoms with Gasteiger partial charge in [-0.15, -0.1) is 0 Å². The van der Waals surface area contributed by atoms with Crippen molar-refractivity contribution >= 4 is 21.5 Å². The van der Waals surface area contributed by atoms with E-state index >= 15 is 0 Å². The van der Waals surface area contributed by atoms with E-state index in [1.807, 2.05) is 0 Å². The van der Waals surface area contributed by atoms with Crippen LogP contribution in [0.5, 0.6) is 0 Å². The summed E-state index contributed by atoms with van der Waals surface area (Å²) in [4.78, 5) is 20.6. The number of hydrogen-bond acceptors (Lipinski definition) is 5. The van der Waals surface area contributed by atoms with Gasteiger partial charge in [-0.2, -0.15) is 0 Å². The average molecular weight is 305 g/mol. The molecule has 0 saturated carbocycles. The number of carboxylic acids is 1. The molecule has 1 N–H and O–H groups in total. The molecule has 0 heterocycles. The predicted octanol–water partition coefficient (Wildman–Crippen LogP) is 1.37. The topological polar surface area (TPSA) is 115 Å². The molecule has 0 aromatic heterocycles. The Balaban J connectivity index is 3.06. The Kier molecular flexibility index (Phi) is 4.77. The van der Waals surface area contributed by atoms with E-state index in [4.69, 9.17) is 5.11 Å². The molecule has 0 saturated heterocycles. The zero-order valence-electron chi connectivity index (χ0n) is 10.4. The molecular weight excluding hydrogens is 293 g/mol. The monoisotopic (exact) mass is 305 g/mol. The minimum Gasteiger partial charge on any atom is -0.481 e. The molecule has 0 aliphatic heterocycles. The summed E-state index contributed by atoms with van der Waals surface area (Å²) in [7, 11) is -3.90. The van der Waals surface area contributed by atoms with Crippen molar-refractivity contribution in [1.29, 1.82) is 0 Å². The summed E-state index contributed by atoms with van der Waals surface area (Å²) < 4.78 is 36.7. The molecule has 0 bridgehead atoms. The van der Waals surface area contributed by atoms with Crippen LogP contribution < -0.4 is 0 Å². The Morgan fingerprint density at radius 2 is 2.10 bits per heavy atom. The fourth-order valence-corrected chi connectivity index (χ4v) is 3.32. The number of aliphatic carboxylic acids is 1. The largest absolute Gasteiger partial charge is 0.481 e. The van der Waals surface area contributed by atoms with Crippen molar-refractivity contribution in [1.82, 2.24) is 0 Å². The molecule has 0 radical (unpaired) electrons. The first-order valence-electron chi connectivity index (χ1n) is 5.48. The quantitative estimate of drug-likeness (QED) is 0.627. The fraction of sp³-hybridized carbons (Fsp3) is 0.364. The van der Waals surface area contributed by atoms with E-state index in [0.29, 0.717) is 0 Å². The van der Waals surface area contributed by atoms with E-state index in [0.717, 1.165) is 18.2 Å². The van der Waals surface area contributed by atoms with Crippen molar-refractivity contribution in [2.75, 3.05) is 5.75 Å². The third kappa shape index (κ3) is 4.26. The third-order valence-corrected chi connectivity index (χ3v) is 4.30. The Morgan fingerprint density at radius 3 is 2.60 bits per heavy atom. The maximum atomic E-state index is 13.1. The van der Waals surface area contributed by atoms with Gasteiger partial charge in [0.2, 0.25) is 0 Å². The zero-order chi connectivity index (χ0) is 15.5. The maximum Gasteiger partial charge on any atom is 0.307 e. The number of carboxylic acid groups (broad SMARTS) is 1. The average Bonchev–Trinajstić information content (AvgIpc) is 2.26. The SMILES string of the molecule is CC(CS(=O)(=O)Cc1cc(F)ccc1[N+](=O)[O-])C(=O)O. The summed E-state index contributed by atoms with van der Waals surface area (Å²) in [6.07, 6.45) is 0. The second kappa shape index (κ2) is 5.95. The van der Waals surface area contributed by atoms with Crippen LogP contribution in [0, 0.1) is 21.8 Å². The van der Waals surface area contributed by atoms with Crippen LogP contribution in [0.15, 0.2) is 18.2 Å². The second-order valence-corrected chi connectivity index (χ2v) is 6.43. The summed E-state index contributed by atoms with van der Waals surface area (Å²) in [6, 6.07) is 2.50. The lowest BCUT2D eigenvalue weighted by Gasteiger charge is -2.08. The molecule has 7 nitrogen and oxygen atoms in total. The number of nitro benzene ring substituents is 1. The molecular formula is C11H12FNO6S. The first-order valence-corrected chi connectivity index (χ1v) is 7.30. The van der Waals surface area contributed by atoms with Crippen LogP contribution >= 0.6 is 0 Å². The van der Waals surface area contributed by atoms with E-state index in [1.54, 1.807) is 0 Å². The summed E-state index contributed by atoms with van der Waals surface area (Å²) in [6.45, 7) is 1.21. The van der Waals surface area contributed by atoms with E-state index in [-0.39, 0.29) is 5.56 Å². The van der Waals surface area contributed by atoms with Gasteiger partial charge < -0.3 is 5.11 Å². The molecule has 1 unspecified atom stereocenters. The highest BCUT2D eigenvalue weighted by molar-refractivity contribution is 7.90. The van der Waals surface area contributed by atoms with Gasteiger partial charge in [-0.1, -0.05) is 6.92 Å². The Bertz CT molecular complexity index is 642. The van der Waals surface area contributed by atoms with Gasteiger partial charge in [0.05, 0.1) is 22.3 Å². The lowest BCUT2D eigenvalue weighted by atomic mass is 10.2. The number of carbonyl (C=O) groups is 1. The van der Waals surface area contributed by atoms with Gasteiger partial charge in [0.25, 0.3) is 5.69 Å². The standard InChI is InChI=1S/C11H12FNO6S/c1-7(11(14)15)5-20(18,19)6-8-4-9(12)2-3-10(8)13(16)17/h2-4,7H,5-6H2,1H3,(H,14,15). The molecule has 1 aromatic carbocycles. The molecule has 1 atom stereocenters. The molecule has 0 aliphatic rings. The van der Waals surface area contributed by atoms with Crippen molar-refractivity contribution < 1.29 is 27.6 Å². The lowest BCUT2D eigenvalue weighted by molar-refractivity contribution is -0.385. The van der Waals surface area contributed by atoms with Crippen LogP contribution in [0.25, 0.3) is 0 Å². The van der Waals surface area contributed by atoms with Crippen molar-refractivity contribution in [2.24, 2.45) is 5.92 Å². The molecule has 20 heavy (non-hydrogen) atoms. The first kappa shape index (κ1) is 16.0. The van der Waals surface area contributed by atoms with Gasteiger partial charge in [0, 0.05) is 11.6 Å². The minimum absolute atomic E-state index is 0.299. The lowest BCUT2D eigenvalue weighted by Crippen LogP contribution is -2.22. The van der Waals surface area contributed by atoms with Crippen LogP contribution in [0.3, 0.4) is 0 Å². The van der Waals surface area contributed by atoms with Gasteiger partial charge in [-0.3, -0.25) is 14.9 Å². The van der Waals surface area contributed by atoms with E-state index in [2.05, 4.69) is 0 Å². The summed E-state index contributed by atoms with van der Waals surface area (Å²) in [5.74, 6) is -4.68. The van der Waals surface area contributed by atoms with Crippen molar-refractivity contribution in [3.05, 3.63) is 39.7 Å². The Hall–Kier alpha value is -2.03. The highest BCUT2D eigenvalue weighted by Gasteiger charge is 2.25. The Morgan fingerprint density at radius 1 is 1.50 bits per heavy atom. The molecule has 0 fully saturated rings. The number of nitrogens with zero attached hydrogens (tertiary/aromatic N) is 1. The number of nitro groups is 1. The van der Waals surface area contributed by atoms with Crippen LogP contribution in [0.2, 0.25) is 0 Å². The number of rotatable bonds is 6. The molecule has 0 aliphatic carbocycles. The number of hydrogen-bond donors (Lipinski definition) is 1. The van der Waals surface area contributed by atoms with E-state index < -0.39 is 49.7 Å². The van der Waals surface area contributed by atoms with Gasteiger partial charge in [-0.25, -0.2) is 12.8 Å².